The summed E-state index contributed by atoms with van der Waals surface area (Å²) >= 11 is 0. The highest BCUT2D eigenvalue weighted by Gasteiger charge is 2.13. The van der Waals surface area contributed by atoms with E-state index in [-0.39, 0.29) is 0 Å². The van der Waals surface area contributed by atoms with Crippen molar-refractivity contribution in [3.8, 4) is 0 Å². The Morgan fingerprint density at radius 2 is 2.14 bits per heavy atom. The van der Waals surface area contributed by atoms with Gasteiger partial charge in [-0.3, -0.25) is 5.41 Å². The average Bonchev–Trinajstić information content (AvgIpc) is 2.13. The van der Waals surface area contributed by atoms with Crippen molar-refractivity contribution >= 4 is 5.84 Å². The quantitative estimate of drug-likeness (QED) is 0.389. The number of hydrogen-bond acceptors (Lipinski definition) is 2. The predicted octanol–water partition coefficient (Wildman–Crippen LogP) is 1.99. The smallest absolute Gasteiger partial charge is 0.0928 e. The van der Waals surface area contributed by atoms with E-state index in [4.69, 9.17) is 11.1 Å². The maximum Gasteiger partial charge on any atom is 0.0928 e. The topological polar surface area (TPSA) is 53.1 Å². The van der Waals surface area contributed by atoms with E-state index in [2.05, 4.69) is 20.4 Å². The molecular weight excluding hydrogens is 174 g/mol. The number of nitrogens with one attached hydrogen (secondary N) is 1. The molecule has 0 spiro atoms. The van der Waals surface area contributed by atoms with E-state index in [1.54, 1.807) is 6.92 Å². The molecule has 82 valence electrons. The SMILES string of the molecule is C=C(CC)C[C@@H](C)N(CCN)C(C)=N. The van der Waals surface area contributed by atoms with Crippen LogP contribution < -0.4 is 5.73 Å². The first-order valence-corrected chi connectivity index (χ1v) is 5.21. The number of hydrogen-bond donors (Lipinski definition) is 2. The molecule has 14 heavy (non-hydrogen) atoms. The lowest BCUT2D eigenvalue weighted by molar-refractivity contribution is 0.329. The molecule has 3 heteroatoms. The summed E-state index contributed by atoms with van der Waals surface area (Å²) in [5.41, 5.74) is 6.74. The van der Waals surface area contributed by atoms with Crippen LogP contribution >= 0.6 is 0 Å². The second-order valence-corrected chi connectivity index (χ2v) is 3.72. The third kappa shape index (κ3) is 4.42. The lowest BCUT2D eigenvalue weighted by atomic mass is 10.1. The van der Waals surface area contributed by atoms with Crippen molar-refractivity contribution in [2.75, 3.05) is 13.1 Å². The van der Waals surface area contributed by atoms with E-state index in [0.29, 0.717) is 18.4 Å². The van der Waals surface area contributed by atoms with E-state index in [1.165, 1.54) is 5.57 Å². The lowest BCUT2D eigenvalue weighted by Gasteiger charge is -2.30. The van der Waals surface area contributed by atoms with Gasteiger partial charge in [0, 0.05) is 19.1 Å². The molecule has 0 bridgehead atoms. The van der Waals surface area contributed by atoms with Gasteiger partial charge in [-0.2, -0.15) is 0 Å². The molecule has 0 heterocycles. The van der Waals surface area contributed by atoms with Crippen molar-refractivity contribution in [3.05, 3.63) is 12.2 Å². The van der Waals surface area contributed by atoms with Crippen molar-refractivity contribution in [2.45, 2.75) is 39.7 Å². The van der Waals surface area contributed by atoms with Crippen molar-refractivity contribution < 1.29 is 0 Å². The van der Waals surface area contributed by atoms with Gasteiger partial charge in [-0.15, -0.1) is 0 Å². The molecule has 3 N–H and O–H groups in total. The Bertz CT molecular complexity index is 199. The van der Waals surface area contributed by atoms with Crippen molar-refractivity contribution in [1.82, 2.24) is 4.90 Å². The van der Waals surface area contributed by atoms with Gasteiger partial charge in [-0.25, -0.2) is 0 Å². The van der Waals surface area contributed by atoms with E-state index in [0.717, 1.165) is 19.4 Å². The monoisotopic (exact) mass is 197 g/mol. The number of nitrogens with two attached hydrogens (primary N) is 1. The standard InChI is InChI=1S/C11H23N3/c1-5-9(2)8-10(3)14(7-6-12)11(4)13/h10,13H,2,5-8,12H2,1,3-4H3/t10-/m1/s1. The molecule has 0 saturated heterocycles. The van der Waals surface area contributed by atoms with Gasteiger partial charge in [0.1, 0.15) is 0 Å². The van der Waals surface area contributed by atoms with Gasteiger partial charge in [0.15, 0.2) is 0 Å². The largest absolute Gasteiger partial charge is 0.356 e. The molecule has 0 aromatic heterocycles. The summed E-state index contributed by atoms with van der Waals surface area (Å²) in [5.74, 6) is 0.590. The second-order valence-electron chi connectivity index (χ2n) is 3.72. The van der Waals surface area contributed by atoms with Gasteiger partial charge in [0.05, 0.1) is 5.84 Å². The first kappa shape index (κ1) is 13.2. The molecule has 0 fully saturated rings. The molecule has 3 nitrogen and oxygen atoms in total. The van der Waals surface area contributed by atoms with Crippen LogP contribution in [0.25, 0.3) is 0 Å². The minimum Gasteiger partial charge on any atom is -0.356 e. The van der Waals surface area contributed by atoms with Crippen LogP contribution in [0.4, 0.5) is 0 Å². The molecule has 0 aromatic carbocycles. The normalized spacial score (nSPS) is 12.3. The molecule has 0 radical (unpaired) electrons. The molecule has 0 aliphatic heterocycles. The maximum absolute atomic E-state index is 7.63. The van der Waals surface area contributed by atoms with E-state index in [1.807, 2.05) is 4.90 Å². The third-order valence-corrected chi connectivity index (χ3v) is 2.42. The van der Waals surface area contributed by atoms with Crippen LogP contribution in [0.15, 0.2) is 12.2 Å². The minimum absolute atomic E-state index is 0.337. The Morgan fingerprint density at radius 3 is 2.50 bits per heavy atom. The highest BCUT2D eigenvalue weighted by molar-refractivity contribution is 5.76. The average molecular weight is 197 g/mol. The van der Waals surface area contributed by atoms with Gasteiger partial charge < -0.3 is 10.6 Å². The summed E-state index contributed by atoms with van der Waals surface area (Å²) in [7, 11) is 0. The van der Waals surface area contributed by atoms with Crippen LogP contribution in [0.2, 0.25) is 0 Å². The van der Waals surface area contributed by atoms with Crippen LogP contribution in [-0.2, 0) is 0 Å². The van der Waals surface area contributed by atoms with Gasteiger partial charge in [-0.1, -0.05) is 19.1 Å². The van der Waals surface area contributed by atoms with E-state index < -0.39 is 0 Å². The Morgan fingerprint density at radius 1 is 1.57 bits per heavy atom. The fourth-order valence-electron chi connectivity index (χ4n) is 1.53. The van der Waals surface area contributed by atoms with Crippen LogP contribution in [0.5, 0.6) is 0 Å². The van der Waals surface area contributed by atoms with Crippen LogP contribution in [0.3, 0.4) is 0 Å². The Balaban J connectivity index is 4.21. The lowest BCUT2D eigenvalue weighted by Crippen LogP contribution is -2.40. The fraction of sp³-hybridized carbons (Fsp3) is 0.727. The van der Waals surface area contributed by atoms with Crippen LogP contribution in [-0.4, -0.2) is 29.9 Å². The number of rotatable bonds is 6. The van der Waals surface area contributed by atoms with E-state index in [9.17, 15) is 0 Å². The molecule has 0 aromatic rings. The number of amidine groups is 1. The first-order chi connectivity index (χ1) is 6.52. The Labute approximate surface area is 87.5 Å². The minimum atomic E-state index is 0.337. The van der Waals surface area contributed by atoms with Gasteiger partial charge in [-0.05, 0) is 26.7 Å². The highest BCUT2D eigenvalue weighted by Crippen LogP contribution is 2.12. The molecule has 0 aliphatic rings. The van der Waals surface area contributed by atoms with Crippen molar-refractivity contribution in [3.63, 3.8) is 0 Å². The maximum atomic E-state index is 7.63. The van der Waals surface area contributed by atoms with Crippen LogP contribution in [0, 0.1) is 5.41 Å². The summed E-state index contributed by atoms with van der Waals surface area (Å²) in [5, 5.41) is 7.63. The molecular formula is C11H23N3. The van der Waals surface area contributed by atoms with Crippen molar-refractivity contribution in [1.29, 1.82) is 5.41 Å². The summed E-state index contributed by atoms with van der Waals surface area (Å²) in [4.78, 5) is 2.03. The molecule has 0 rings (SSSR count). The summed E-state index contributed by atoms with van der Waals surface area (Å²) < 4.78 is 0. The molecule has 0 aliphatic carbocycles. The Hall–Kier alpha value is -0.830. The zero-order chi connectivity index (χ0) is 11.1. The zero-order valence-electron chi connectivity index (χ0n) is 9.64. The Kier molecular flexibility index (Phi) is 6.21. The zero-order valence-corrected chi connectivity index (χ0v) is 9.64. The van der Waals surface area contributed by atoms with E-state index >= 15 is 0 Å². The van der Waals surface area contributed by atoms with Crippen LogP contribution in [0.1, 0.15) is 33.6 Å². The van der Waals surface area contributed by atoms with Crippen molar-refractivity contribution in [2.24, 2.45) is 5.73 Å². The molecule has 0 saturated carbocycles. The molecule has 0 unspecified atom stereocenters. The summed E-state index contributed by atoms with van der Waals surface area (Å²) in [6, 6.07) is 0.337. The van der Waals surface area contributed by atoms with Gasteiger partial charge in [0.25, 0.3) is 0 Å². The summed E-state index contributed by atoms with van der Waals surface area (Å²) in [6.45, 7) is 11.4. The predicted molar refractivity (Wildman–Crippen MR) is 62.7 cm³/mol. The highest BCUT2D eigenvalue weighted by atomic mass is 15.2. The fourth-order valence-corrected chi connectivity index (χ4v) is 1.53. The molecule has 1 atom stereocenters. The number of nitrogens with zero attached hydrogens (tertiary/aromatic N) is 1. The summed E-state index contributed by atoms with van der Waals surface area (Å²) in [6.07, 6.45) is 1.96. The first-order valence-electron chi connectivity index (χ1n) is 5.21. The van der Waals surface area contributed by atoms with Gasteiger partial charge in [0.2, 0.25) is 0 Å². The molecule has 0 amide bonds. The third-order valence-electron chi connectivity index (χ3n) is 2.42. The van der Waals surface area contributed by atoms with Gasteiger partial charge >= 0.3 is 0 Å². The second kappa shape index (κ2) is 6.60.